The van der Waals surface area contributed by atoms with Crippen LogP contribution in [0.25, 0.3) is 0 Å². The maximum atomic E-state index is 10.0. The molecule has 1 aromatic rings. The summed E-state index contributed by atoms with van der Waals surface area (Å²) in [6.07, 6.45) is -0.0183. The molecule has 2 atom stereocenters. The number of methoxy groups -OCH3 is 1. The molecule has 0 aromatic heterocycles. The van der Waals surface area contributed by atoms with E-state index >= 15 is 0 Å². The summed E-state index contributed by atoms with van der Waals surface area (Å²) >= 11 is 5.80. The van der Waals surface area contributed by atoms with Crippen LogP contribution in [0.5, 0.6) is 0 Å². The largest absolute Gasteiger partial charge is 0.390 e. The molecule has 0 amide bonds. The summed E-state index contributed by atoms with van der Waals surface area (Å²) in [5.74, 6) is 0.298. The van der Waals surface area contributed by atoms with Crippen molar-refractivity contribution < 1.29 is 9.84 Å². The second kappa shape index (κ2) is 6.24. The first-order valence-corrected chi connectivity index (χ1v) is 5.87. The number of aliphatic hydroxyl groups is 1. The lowest BCUT2D eigenvalue weighted by Gasteiger charge is -2.25. The molecule has 0 aliphatic rings. The molecule has 2 nitrogen and oxygen atoms in total. The van der Waals surface area contributed by atoms with Crippen LogP contribution in [0.4, 0.5) is 0 Å². The predicted octanol–water partition coefficient (Wildman–Crippen LogP) is 2.91. The van der Waals surface area contributed by atoms with Gasteiger partial charge in [0.2, 0.25) is 0 Å². The molecule has 0 heterocycles. The van der Waals surface area contributed by atoms with Crippen molar-refractivity contribution >= 4 is 11.6 Å². The van der Waals surface area contributed by atoms with Crippen molar-refractivity contribution in [2.24, 2.45) is 5.92 Å². The zero-order chi connectivity index (χ0) is 12.1. The summed E-state index contributed by atoms with van der Waals surface area (Å²) in [4.78, 5) is 0. The number of aliphatic hydroxyl groups excluding tert-OH is 1. The Hall–Kier alpha value is -0.570. The van der Waals surface area contributed by atoms with E-state index in [4.69, 9.17) is 16.3 Å². The maximum absolute atomic E-state index is 10.0. The van der Waals surface area contributed by atoms with Gasteiger partial charge in [0.25, 0.3) is 0 Å². The van der Waals surface area contributed by atoms with Crippen molar-refractivity contribution in [3.05, 3.63) is 34.9 Å². The van der Waals surface area contributed by atoms with Crippen molar-refractivity contribution in [1.82, 2.24) is 0 Å². The SMILES string of the molecule is COC(C(C)C)C(O)Cc1ccc(Cl)cc1. The molecule has 1 rings (SSSR count). The van der Waals surface area contributed by atoms with E-state index in [1.165, 1.54) is 0 Å². The number of benzene rings is 1. The third-order valence-corrected chi connectivity index (χ3v) is 2.92. The van der Waals surface area contributed by atoms with Gasteiger partial charge in [0.1, 0.15) is 0 Å². The van der Waals surface area contributed by atoms with E-state index in [2.05, 4.69) is 0 Å². The molecule has 0 bridgehead atoms. The zero-order valence-electron chi connectivity index (χ0n) is 9.98. The highest BCUT2D eigenvalue weighted by molar-refractivity contribution is 6.30. The standard InChI is InChI=1S/C13H19ClO2/c1-9(2)13(16-3)12(15)8-10-4-6-11(14)7-5-10/h4-7,9,12-13,15H,8H2,1-3H3. The Morgan fingerprint density at radius 2 is 1.81 bits per heavy atom. The van der Waals surface area contributed by atoms with E-state index in [9.17, 15) is 5.11 Å². The van der Waals surface area contributed by atoms with Crippen molar-refractivity contribution in [2.75, 3.05) is 7.11 Å². The Kier molecular flexibility index (Phi) is 5.26. The molecule has 3 heteroatoms. The highest BCUT2D eigenvalue weighted by Crippen LogP contribution is 2.16. The number of hydrogen-bond donors (Lipinski definition) is 1. The Morgan fingerprint density at radius 3 is 2.25 bits per heavy atom. The predicted molar refractivity (Wildman–Crippen MR) is 66.8 cm³/mol. The minimum atomic E-state index is -0.480. The normalized spacial score (nSPS) is 15.1. The fourth-order valence-electron chi connectivity index (χ4n) is 1.85. The molecule has 0 saturated heterocycles. The highest BCUT2D eigenvalue weighted by Gasteiger charge is 2.22. The van der Waals surface area contributed by atoms with Gasteiger partial charge in [-0.15, -0.1) is 0 Å². The third kappa shape index (κ3) is 3.78. The van der Waals surface area contributed by atoms with Crippen LogP contribution in [0.2, 0.25) is 5.02 Å². The van der Waals surface area contributed by atoms with E-state index in [0.717, 1.165) is 5.56 Å². The van der Waals surface area contributed by atoms with Gasteiger partial charge in [-0.25, -0.2) is 0 Å². The minimum Gasteiger partial charge on any atom is -0.390 e. The topological polar surface area (TPSA) is 29.5 Å². The summed E-state index contributed by atoms with van der Waals surface area (Å²) in [7, 11) is 1.63. The Balaban J connectivity index is 2.62. The molecule has 2 unspecified atom stereocenters. The molecule has 1 aromatic carbocycles. The van der Waals surface area contributed by atoms with Crippen LogP contribution in [0.15, 0.2) is 24.3 Å². The molecule has 1 N–H and O–H groups in total. The summed E-state index contributed by atoms with van der Waals surface area (Å²) in [5, 5.41) is 10.8. The molecule has 0 saturated carbocycles. The average molecular weight is 243 g/mol. The van der Waals surface area contributed by atoms with Crippen molar-refractivity contribution in [1.29, 1.82) is 0 Å². The van der Waals surface area contributed by atoms with Gasteiger partial charge < -0.3 is 9.84 Å². The first-order chi connectivity index (χ1) is 7.54. The van der Waals surface area contributed by atoms with Crippen LogP contribution in [0, 0.1) is 5.92 Å². The number of hydrogen-bond acceptors (Lipinski definition) is 2. The van der Waals surface area contributed by atoms with Crippen molar-refractivity contribution in [2.45, 2.75) is 32.5 Å². The Bertz CT molecular complexity index is 308. The quantitative estimate of drug-likeness (QED) is 0.860. The van der Waals surface area contributed by atoms with Gasteiger partial charge in [0.05, 0.1) is 12.2 Å². The fraction of sp³-hybridized carbons (Fsp3) is 0.538. The summed E-state index contributed by atoms with van der Waals surface area (Å²) in [6.45, 7) is 4.08. The van der Waals surface area contributed by atoms with Crippen LogP contribution in [0.3, 0.4) is 0 Å². The van der Waals surface area contributed by atoms with Gasteiger partial charge >= 0.3 is 0 Å². The maximum Gasteiger partial charge on any atom is 0.0856 e. The van der Waals surface area contributed by atoms with Crippen molar-refractivity contribution in [3.63, 3.8) is 0 Å². The lowest BCUT2D eigenvalue weighted by molar-refractivity contribution is -0.0367. The molecular weight excluding hydrogens is 224 g/mol. The number of halogens is 1. The highest BCUT2D eigenvalue weighted by atomic mass is 35.5. The molecular formula is C13H19ClO2. The molecule has 0 aliphatic carbocycles. The summed E-state index contributed by atoms with van der Waals surface area (Å²) in [5.41, 5.74) is 1.07. The molecule has 16 heavy (non-hydrogen) atoms. The van der Waals surface area contributed by atoms with Gasteiger partial charge in [0.15, 0.2) is 0 Å². The van der Waals surface area contributed by atoms with E-state index in [0.29, 0.717) is 17.4 Å². The summed E-state index contributed by atoms with van der Waals surface area (Å²) in [6, 6.07) is 7.53. The van der Waals surface area contributed by atoms with Crippen LogP contribution < -0.4 is 0 Å². The van der Waals surface area contributed by atoms with E-state index in [-0.39, 0.29) is 6.10 Å². The second-order valence-electron chi connectivity index (χ2n) is 4.34. The fourth-order valence-corrected chi connectivity index (χ4v) is 1.98. The van der Waals surface area contributed by atoms with E-state index < -0.39 is 6.10 Å². The van der Waals surface area contributed by atoms with Gasteiger partial charge in [-0.3, -0.25) is 0 Å². The summed E-state index contributed by atoms with van der Waals surface area (Å²) < 4.78 is 5.29. The Labute approximate surface area is 102 Å². The van der Waals surface area contributed by atoms with Crippen LogP contribution in [-0.4, -0.2) is 24.4 Å². The van der Waals surface area contributed by atoms with Crippen LogP contribution >= 0.6 is 11.6 Å². The van der Waals surface area contributed by atoms with Gasteiger partial charge in [-0.2, -0.15) is 0 Å². The molecule has 0 fully saturated rings. The van der Waals surface area contributed by atoms with Crippen LogP contribution in [-0.2, 0) is 11.2 Å². The van der Waals surface area contributed by atoms with Gasteiger partial charge in [0, 0.05) is 18.6 Å². The average Bonchev–Trinajstić information content (AvgIpc) is 2.22. The smallest absolute Gasteiger partial charge is 0.0856 e. The van der Waals surface area contributed by atoms with Gasteiger partial charge in [-0.1, -0.05) is 37.6 Å². The van der Waals surface area contributed by atoms with E-state index in [1.807, 2.05) is 38.1 Å². The lowest BCUT2D eigenvalue weighted by Crippen LogP contribution is -2.34. The monoisotopic (exact) mass is 242 g/mol. The molecule has 0 radical (unpaired) electrons. The second-order valence-corrected chi connectivity index (χ2v) is 4.78. The van der Waals surface area contributed by atoms with E-state index in [1.54, 1.807) is 7.11 Å². The van der Waals surface area contributed by atoms with Crippen molar-refractivity contribution in [3.8, 4) is 0 Å². The first kappa shape index (κ1) is 13.5. The minimum absolute atomic E-state index is 0.129. The number of rotatable bonds is 5. The first-order valence-electron chi connectivity index (χ1n) is 5.50. The van der Waals surface area contributed by atoms with Gasteiger partial charge in [-0.05, 0) is 23.6 Å². The zero-order valence-corrected chi connectivity index (χ0v) is 10.7. The number of ether oxygens (including phenoxy) is 1. The molecule has 0 spiro atoms. The molecule has 90 valence electrons. The van der Waals surface area contributed by atoms with Crippen LogP contribution in [0.1, 0.15) is 19.4 Å². The third-order valence-electron chi connectivity index (χ3n) is 2.67. The molecule has 0 aliphatic heterocycles. The Morgan fingerprint density at radius 1 is 1.25 bits per heavy atom. The lowest BCUT2D eigenvalue weighted by atomic mass is 9.96.